The zero-order valence-corrected chi connectivity index (χ0v) is 20.2. The molecule has 3 amide bonds. The molecule has 186 valence electrons. The molecule has 0 aromatic heterocycles. The van der Waals surface area contributed by atoms with Crippen molar-refractivity contribution in [1.29, 1.82) is 0 Å². The molecule has 1 saturated heterocycles. The van der Waals surface area contributed by atoms with Crippen molar-refractivity contribution >= 4 is 17.7 Å². The van der Waals surface area contributed by atoms with Crippen molar-refractivity contribution in [2.24, 2.45) is 17.6 Å². The molecule has 0 bridgehead atoms. The molecular weight excluding hydrogens is 416 g/mol. The van der Waals surface area contributed by atoms with Crippen LogP contribution in [0, 0.1) is 11.8 Å². The van der Waals surface area contributed by atoms with E-state index in [-0.39, 0.29) is 24.2 Å². The molecule has 32 heavy (non-hydrogen) atoms. The van der Waals surface area contributed by atoms with Gasteiger partial charge in [-0.2, -0.15) is 0 Å². The minimum absolute atomic E-state index is 0.0192. The maximum atomic E-state index is 13.2. The van der Waals surface area contributed by atoms with E-state index >= 15 is 0 Å². The monoisotopic (exact) mass is 458 g/mol. The number of nitrogens with zero attached hydrogens (tertiary/aromatic N) is 1. The molecule has 0 spiro atoms. The zero-order chi connectivity index (χ0) is 24.9. The van der Waals surface area contributed by atoms with Crippen LogP contribution in [0.15, 0.2) is 0 Å². The average Bonchev–Trinajstić information content (AvgIpc) is 3.16. The lowest BCUT2D eigenvalue weighted by molar-refractivity contribution is -0.234. The first-order chi connectivity index (χ1) is 14.6. The second-order valence-corrected chi connectivity index (χ2v) is 10.1. The molecule has 7 N–H and O–H groups in total. The third kappa shape index (κ3) is 7.13. The number of hydrogen-bond donors (Lipinski definition) is 6. The van der Waals surface area contributed by atoms with Crippen molar-refractivity contribution in [1.82, 2.24) is 15.5 Å². The van der Waals surface area contributed by atoms with Gasteiger partial charge in [-0.1, -0.05) is 27.7 Å². The van der Waals surface area contributed by atoms with E-state index in [1.807, 2.05) is 27.7 Å². The van der Waals surface area contributed by atoms with Gasteiger partial charge >= 0.3 is 0 Å². The van der Waals surface area contributed by atoms with Crippen molar-refractivity contribution in [3.63, 3.8) is 0 Å². The van der Waals surface area contributed by atoms with Crippen LogP contribution in [-0.2, 0) is 14.4 Å². The molecular formula is C22H42N4O6. The highest BCUT2D eigenvalue weighted by molar-refractivity contribution is 5.92. The maximum absolute atomic E-state index is 13.2. The molecule has 1 rings (SSSR count). The number of aliphatic hydroxyl groups excluding tert-OH is 1. The first-order valence-corrected chi connectivity index (χ1v) is 11.4. The van der Waals surface area contributed by atoms with Crippen LogP contribution in [0.4, 0.5) is 0 Å². The Hall–Kier alpha value is -1.75. The standard InChI is InChI=1S/C22H42N4O6/c1-13(2)10-16(24-20(30)17-8-7-9-26(17)15(5)28)19(29)25-18(11-14(3)4)22(31,32)21(6,23)12-27/h13-14,16-18,27,31-32H,7-12,23H2,1-6H3,(H,24,30)(H,25,29)/t16-,17-,18-,21-/m0/s1. The zero-order valence-electron chi connectivity index (χ0n) is 20.2. The third-order valence-electron chi connectivity index (χ3n) is 5.98. The summed E-state index contributed by atoms with van der Waals surface area (Å²) in [6.07, 6.45) is 1.75. The topological polar surface area (TPSA) is 165 Å². The Morgan fingerprint density at radius 2 is 1.66 bits per heavy atom. The van der Waals surface area contributed by atoms with Gasteiger partial charge in [-0.3, -0.25) is 14.4 Å². The summed E-state index contributed by atoms with van der Waals surface area (Å²) in [6, 6.07) is -2.73. The fourth-order valence-corrected chi connectivity index (χ4v) is 3.97. The van der Waals surface area contributed by atoms with E-state index in [0.717, 1.165) is 0 Å². The lowest BCUT2D eigenvalue weighted by Gasteiger charge is -2.43. The van der Waals surface area contributed by atoms with E-state index in [2.05, 4.69) is 10.6 Å². The number of carbonyl (C=O) groups is 3. The third-order valence-corrected chi connectivity index (χ3v) is 5.98. The number of nitrogens with two attached hydrogens (primary N) is 1. The van der Waals surface area contributed by atoms with Gasteiger partial charge in [0.25, 0.3) is 0 Å². The Morgan fingerprint density at radius 3 is 2.12 bits per heavy atom. The first kappa shape index (κ1) is 28.3. The van der Waals surface area contributed by atoms with Crippen molar-refractivity contribution in [3.05, 3.63) is 0 Å². The quantitative estimate of drug-likeness (QED) is 0.226. The van der Waals surface area contributed by atoms with Gasteiger partial charge in [-0.15, -0.1) is 0 Å². The fraction of sp³-hybridized carbons (Fsp3) is 0.864. The number of rotatable bonds is 11. The van der Waals surface area contributed by atoms with Gasteiger partial charge < -0.3 is 36.6 Å². The van der Waals surface area contributed by atoms with Crippen LogP contribution < -0.4 is 16.4 Å². The summed E-state index contributed by atoms with van der Waals surface area (Å²) in [5, 5.41) is 36.4. The highest BCUT2D eigenvalue weighted by Gasteiger charge is 2.50. The van der Waals surface area contributed by atoms with Crippen LogP contribution >= 0.6 is 0 Å². The van der Waals surface area contributed by atoms with E-state index < -0.39 is 47.9 Å². The SMILES string of the molecule is CC(=O)N1CCC[C@H]1C(=O)N[C@@H](CC(C)C)C(=O)N[C@@H](CC(C)C)C(O)(O)[C@@](C)(N)CO. The predicted octanol–water partition coefficient (Wildman–Crippen LogP) is -0.550. The van der Waals surface area contributed by atoms with E-state index in [4.69, 9.17) is 5.73 Å². The minimum Gasteiger partial charge on any atom is -0.394 e. The van der Waals surface area contributed by atoms with Crippen molar-refractivity contribution in [3.8, 4) is 0 Å². The van der Waals surface area contributed by atoms with Crippen molar-refractivity contribution in [2.75, 3.05) is 13.2 Å². The van der Waals surface area contributed by atoms with E-state index in [0.29, 0.717) is 25.8 Å². The molecule has 10 nitrogen and oxygen atoms in total. The number of hydrogen-bond acceptors (Lipinski definition) is 7. The molecule has 1 aliphatic heterocycles. The average molecular weight is 459 g/mol. The van der Waals surface area contributed by atoms with Gasteiger partial charge in [0.2, 0.25) is 23.5 Å². The van der Waals surface area contributed by atoms with Crippen molar-refractivity contribution < 1.29 is 29.7 Å². The van der Waals surface area contributed by atoms with Gasteiger partial charge in [0.1, 0.15) is 12.1 Å². The van der Waals surface area contributed by atoms with Gasteiger partial charge in [-0.25, -0.2) is 0 Å². The van der Waals surface area contributed by atoms with Crippen LogP contribution in [0.5, 0.6) is 0 Å². The Morgan fingerprint density at radius 1 is 1.09 bits per heavy atom. The molecule has 0 saturated carbocycles. The van der Waals surface area contributed by atoms with Crippen LogP contribution in [0.2, 0.25) is 0 Å². The summed E-state index contributed by atoms with van der Waals surface area (Å²) >= 11 is 0. The summed E-state index contributed by atoms with van der Waals surface area (Å²) in [5.41, 5.74) is 4.11. The highest BCUT2D eigenvalue weighted by Crippen LogP contribution is 2.25. The van der Waals surface area contributed by atoms with Crippen molar-refractivity contribution in [2.45, 2.75) is 96.7 Å². The molecule has 4 atom stereocenters. The highest BCUT2D eigenvalue weighted by atomic mass is 16.5. The van der Waals surface area contributed by atoms with Crippen LogP contribution in [0.25, 0.3) is 0 Å². The lowest BCUT2D eigenvalue weighted by Crippen LogP contribution is -2.71. The van der Waals surface area contributed by atoms with Gasteiger partial charge in [0.05, 0.1) is 18.2 Å². The smallest absolute Gasteiger partial charge is 0.243 e. The van der Waals surface area contributed by atoms with Crippen LogP contribution in [0.3, 0.4) is 0 Å². The Bertz CT molecular complexity index is 665. The number of likely N-dealkylation sites (tertiary alicyclic amines) is 1. The predicted molar refractivity (Wildman–Crippen MR) is 120 cm³/mol. The molecule has 10 heteroatoms. The summed E-state index contributed by atoms with van der Waals surface area (Å²) in [5.74, 6) is -3.73. The van der Waals surface area contributed by atoms with Gasteiger partial charge in [0, 0.05) is 13.5 Å². The first-order valence-electron chi connectivity index (χ1n) is 11.4. The number of aliphatic hydroxyl groups is 3. The second kappa shape index (κ2) is 11.4. The summed E-state index contributed by atoms with van der Waals surface area (Å²) in [6.45, 7) is 10.0. The molecule has 1 aliphatic rings. The Balaban J connectivity index is 3.08. The molecule has 0 radical (unpaired) electrons. The van der Waals surface area contributed by atoms with Crippen LogP contribution in [0.1, 0.15) is 67.2 Å². The van der Waals surface area contributed by atoms with Gasteiger partial charge in [0.15, 0.2) is 0 Å². The van der Waals surface area contributed by atoms with Crippen LogP contribution in [-0.4, -0.2) is 80.5 Å². The molecule has 1 heterocycles. The number of carbonyl (C=O) groups excluding carboxylic acids is 3. The molecule has 0 aromatic carbocycles. The Kier molecular flexibility index (Phi) is 10.1. The lowest BCUT2D eigenvalue weighted by atomic mass is 9.83. The number of amides is 3. The number of nitrogens with one attached hydrogen (secondary N) is 2. The van der Waals surface area contributed by atoms with E-state index in [1.54, 1.807) is 0 Å². The molecule has 1 fully saturated rings. The van der Waals surface area contributed by atoms with E-state index in [9.17, 15) is 29.7 Å². The maximum Gasteiger partial charge on any atom is 0.243 e. The largest absolute Gasteiger partial charge is 0.394 e. The fourth-order valence-electron chi connectivity index (χ4n) is 3.97. The second-order valence-electron chi connectivity index (χ2n) is 10.1. The normalized spacial score (nSPS) is 20.8. The molecule has 0 aromatic rings. The summed E-state index contributed by atoms with van der Waals surface area (Å²) in [7, 11) is 0. The summed E-state index contributed by atoms with van der Waals surface area (Å²) in [4.78, 5) is 39.4. The molecule has 0 unspecified atom stereocenters. The minimum atomic E-state index is -2.59. The van der Waals surface area contributed by atoms with E-state index in [1.165, 1.54) is 18.7 Å². The van der Waals surface area contributed by atoms with Gasteiger partial charge in [-0.05, 0) is 44.4 Å². The molecule has 0 aliphatic carbocycles. The Labute approximate surface area is 190 Å². The summed E-state index contributed by atoms with van der Waals surface area (Å²) < 4.78 is 0.